The summed E-state index contributed by atoms with van der Waals surface area (Å²) in [6.07, 6.45) is 0. The second kappa shape index (κ2) is 12.0. The Balaban J connectivity index is 1.24. The molecule has 56 heavy (non-hydrogen) atoms. The Bertz CT molecular complexity index is 3360. The molecule has 0 amide bonds. The van der Waals surface area contributed by atoms with E-state index in [1.165, 1.54) is 54.6 Å². The molecule has 0 radical (unpaired) electrons. The first-order valence-corrected chi connectivity index (χ1v) is 19.2. The molecule has 0 saturated heterocycles. The number of hydrogen-bond acceptors (Lipinski definition) is 2. The van der Waals surface area contributed by atoms with Crippen LogP contribution in [0.25, 0.3) is 121 Å². The van der Waals surface area contributed by atoms with Crippen molar-refractivity contribution in [3.63, 3.8) is 0 Å². The van der Waals surface area contributed by atoms with Gasteiger partial charge in [-0.15, -0.1) is 0 Å². The van der Waals surface area contributed by atoms with Gasteiger partial charge in [-0.3, -0.25) is 0 Å². The number of para-hydroxylation sites is 4. The highest BCUT2D eigenvalue weighted by atomic mass is 16.3. The maximum absolute atomic E-state index is 6.67. The first-order chi connectivity index (χ1) is 27.8. The van der Waals surface area contributed by atoms with E-state index in [2.05, 4.69) is 182 Å². The molecule has 0 aliphatic carbocycles. The van der Waals surface area contributed by atoms with Crippen molar-refractivity contribution in [3.8, 4) is 44.5 Å². The van der Waals surface area contributed by atoms with E-state index in [-0.39, 0.29) is 0 Å². The number of hydrogen-bond donors (Lipinski definition) is 0. The molecular weight excluding hydrogens is 681 g/mol. The molecular formula is C54H32O2. The molecule has 0 unspecified atom stereocenters. The predicted octanol–water partition coefficient (Wildman–Crippen LogP) is 15.6. The average molecular weight is 713 g/mol. The van der Waals surface area contributed by atoms with E-state index in [0.29, 0.717) is 0 Å². The summed E-state index contributed by atoms with van der Waals surface area (Å²) in [5.41, 5.74) is 12.8. The number of furan rings is 2. The van der Waals surface area contributed by atoms with Crippen LogP contribution in [0, 0.1) is 0 Å². The highest BCUT2D eigenvalue weighted by Gasteiger charge is 2.21. The average Bonchev–Trinajstić information content (AvgIpc) is 3.84. The fourth-order valence-electron chi connectivity index (χ4n) is 9.16. The van der Waals surface area contributed by atoms with Crippen molar-refractivity contribution in [2.24, 2.45) is 0 Å². The monoisotopic (exact) mass is 712 g/mol. The van der Waals surface area contributed by atoms with Gasteiger partial charge in [0.25, 0.3) is 0 Å². The third-order valence-corrected chi connectivity index (χ3v) is 11.7. The van der Waals surface area contributed by atoms with Crippen LogP contribution in [0.1, 0.15) is 0 Å². The Kier molecular flexibility index (Phi) is 6.66. The van der Waals surface area contributed by atoms with E-state index in [0.717, 1.165) is 66.1 Å². The lowest BCUT2D eigenvalue weighted by molar-refractivity contribution is 0.669. The molecule has 260 valence electrons. The van der Waals surface area contributed by atoms with Crippen LogP contribution in [-0.2, 0) is 0 Å². The molecule has 2 heterocycles. The van der Waals surface area contributed by atoms with Gasteiger partial charge in [0.1, 0.15) is 22.3 Å². The fraction of sp³-hybridized carbons (Fsp3) is 0. The molecule has 12 aromatic rings. The first kappa shape index (κ1) is 31.0. The molecule has 0 aliphatic rings. The summed E-state index contributed by atoms with van der Waals surface area (Å²) < 4.78 is 13.3. The van der Waals surface area contributed by atoms with E-state index < -0.39 is 0 Å². The molecule has 0 saturated carbocycles. The van der Waals surface area contributed by atoms with Crippen molar-refractivity contribution in [3.05, 3.63) is 194 Å². The molecule has 2 heteroatoms. The Morgan fingerprint density at radius 2 is 0.714 bits per heavy atom. The van der Waals surface area contributed by atoms with Gasteiger partial charge in [-0.1, -0.05) is 164 Å². The van der Waals surface area contributed by atoms with Crippen LogP contribution in [0.3, 0.4) is 0 Å². The van der Waals surface area contributed by atoms with E-state index in [1.807, 2.05) is 12.1 Å². The summed E-state index contributed by atoms with van der Waals surface area (Å²) in [6.45, 7) is 0. The summed E-state index contributed by atoms with van der Waals surface area (Å²) in [5.74, 6) is 0. The van der Waals surface area contributed by atoms with Crippen LogP contribution in [0.5, 0.6) is 0 Å². The van der Waals surface area contributed by atoms with E-state index in [1.54, 1.807) is 0 Å². The second-order valence-corrected chi connectivity index (χ2v) is 14.7. The highest BCUT2D eigenvalue weighted by molar-refractivity contribution is 6.24. The lowest BCUT2D eigenvalue weighted by Gasteiger charge is -2.19. The maximum atomic E-state index is 6.67. The van der Waals surface area contributed by atoms with Crippen molar-refractivity contribution in [2.45, 2.75) is 0 Å². The standard InChI is InChI=1S/C54H32O2/c1-2-14-33(15-3-1)35-30-34-16-4-5-17-36(34)49(31-35)52-41-22-10-20-37(43-24-12-26-45-39-18-6-8-28-50(39)55-53(43)45)47(41)32-48-38(21-11-23-42(48)52)44-25-13-27-46-40-19-7-9-29-51(40)56-54(44)46/h1-32H. The van der Waals surface area contributed by atoms with Gasteiger partial charge in [0, 0.05) is 32.7 Å². The van der Waals surface area contributed by atoms with Crippen LogP contribution < -0.4 is 0 Å². The van der Waals surface area contributed by atoms with Crippen molar-refractivity contribution in [2.75, 3.05) is 0 Å². The van der Waals surface area contributed by atoms with Crippen LogP contribution in [0.15, 0.2) is 203 Å². The van der Waals surface area contributed by atoms with Gasteiger partial charge in [0.05, 0.1) is 0 Å². The normalized spacial score (nSPS) is 11.9. The summed E-state index contributed by atoms with van der Waals surface area (Å²) in [5, 5.41) is 11.6. The second-order valence-electron chi connectivity index (χ2n) is 14.7. The van der Waals surface area contributed by atoms with Crippen molar-refractivity contribution < 1.29 is 8.83 Å². The Hall–Kier alpha value is -7.42. The van der Waals surface area contributed by atoms with Crippen molar-refractivity contribution >= 4 is 76.2 Å². The largest absolute Gasteiger partial charge is 0.455 e. The van der Waals surface area contributed by atoms with Gasteiger partial charge in [0.15, 0.2) is 0 Å². The Morgan fingerprint density at radius 3 is 1.30 bits per heavy atom. The van der Waals surface area contributed by atoms with Gasteiger partial charge >= 0.3 is 0 Å². The number of fused-ring (bicyclic) bond motifs is 9. The molecule has 0 bridgehead atoms. The summed E-state index contributed by atoms with van der Waals surface area (Å²) in [4.78, 5) is 0. The predicted molar refractivity (Wildman–Crippen MR) is 235 cm³/mol. The molecule has 0 fully saturated rings. The van der Waals surface area contributed by atoms with Crippen LogP contribution in [0.4, 0.5) is 0 Å². The molecule has 0 atom stereocenters. The topological polar surface area (TPSA) is 26.3 Å². The molecule has 10 aromatic carbocycles. The number of benzene rings is 10. The maximum Gasteiger partial charge on any atom is 0.143 e. The fourth-order valence-corrected chi connectivity index (χ4v) is 9.16. The van der Waals surface area contributed by atoms with E-state index in [4.69, 9.17) is 8.83 Å². The van der Waals surface area contributed by atoms with E-state index >= 15 is 0 Å². The Morgan fingerprint density at radius 1 is 0.250 bits per heavy atom. The molecule has 2 nitrogen and oxygen atoms in total. The SMILES string of the molecule is c1ccc(-c2cc(-c3c4cccc(-c5cccc6c5oc5ccccc56)c4cc4c(-c5cccc6c5oc5ccccc56)cccc34)c3ccccc3c2)cc1. The molecule has 0 aliphatic heterocycles. The number of rotatable bonds is 4. The molecule has 0 N–H and O–H groups in total. The highest BCUT2D eigenvalue weighted by Crippen LogP contribution is 2.48. The first-order valence-electron chi connectivity index (χ1n) is 19.2. The smallest absolute Gasteiger partial charge is 0.143 e. The van der Waals surface area contributed by atoms with Crippen LogP contribution >= 0.6 is 0 Å². The lowest BCUT2D eigenvalue weighted by Crippen LogP contribution is -1.92. The van der Waals surface area contributed by atoms with Crippen LogP contribution in [-0.4, -0.2) is 0 Å². The quantitative estimate of drug-likeness (QED) is 0.170. The third kappa shape index (κ3) is 4.57. The Labute approximate surface area is 322 Å². The van der Waals surface area contributed by atoms with Gasteiger partial charge < -0.3 is 8.83 Å². The van der Waals surface area contributed by atoms with Gasteiger partial charge in [-0.2, -0.15) is 0 Å². The van der Waals surface area contributed by atoms with Gasteiger partial charge in [0.2, 0.25) is 0 Å². The minimum absolute atomic E-state index is 0.895. The molecule has 12 rings (SSSR count). The minimum Gasteiger partial charge on any atom is -0.455 e. The zero-order chi connectivity index (χ0) is 36.7. The lowest BCUT2D eigenvalue weighted by atomic mass is 9.84. The minimum atomic E-state index is 0.895. The zero-order valence-electron chi connectivity index (χ0n) is 30.3. The van der Waals surface area contributed by atoms with Gasteiger partial charge in [-0.25, -0.2) is 0 Å². The summed E-state index contributed by atoms with van der Waals surface area (Å²) in [7, 11) is 0. The summed E-state index contributed by atoms with van der Waals surface area (Å²) in [6, 6.07) is 69.9. The van der Waals surface area contributed by atoms with Crippen molar-refractivity contribution in [1.82, 2.24) is 0 Å². The third-order valence-electron chi connectivity index (χ3n) is 11.7. The zero-order valence-corrected chi connectivity index (χ0v) is 30.3. The molecule has 2 aromatic heterocycles. The summed E-state index contributed by atoms with van der Waals surface area (Å²) >= 11 is 0. The van der Waals surface area contributed by atoms with E-state index in [9.17, 15) is 0 Å². The molecule has 0 spiro atoms. The van der Waals surface area contributed by atoms with Gasteiger partial charge in [-0.05, 0) is 96.0 Å². The van der Waals surface area contributed by atoms with Crippen LogP contribution in [0.2, 0.25) is 0 Å². The van der Waals surface area contributed by atoms with Crippen molar-refractivity contribution in [1.29, 1.82) is 0 Å².